The summed E-state index contributed by atoms with van der Waals surface area (Å²) in [5.74, 6) is 62.7. The summed E-state index contributed by atoms with van der Waals surface area (Å²) < 4.78 is 0. The fourth-order valence-corrected chi connectivity index (χ4v) is 5.61. The van der Waals surface area contributed by atoms with Gasteiger partial charge in [-0.15, -0.1) is 83.5 Å². The van der Waals surface area contributed by atoms with Crippen LogP contribution >= 0.6 is 0 Å². The SMILES string of the molecule is C=C(C)CCC#CCC(C)(C)C.CC(=N)CCC#CCC(C)(C)C.CC(C)(C)C#CCCC(C)(C)C.CC(N)CCC#CC(C)(C)C.CCC#CCC(C)(C)C.CCCC#CC(C)(C)C.CCCC#CC(C)(C)C.CN(C)CC#CCC(C)(C)C.CNCC#CCC(C)(C)C.CNCC#CCC(C)(C)C. The van der Waals surface area contributed by atoms with E-state index in [1.165, 1.54) is 24.8 Å². The third-order valence-corrected chi connectivity index (χ3v) is 11.2. The molecule has 0 spiro atoms. The van der Waals surface area contributed by atoms with Gasteiger partial charge in [-0.2, -0.15) is 0 Å². The molecule has 0 aromatic carbocycles. The van der Waals surface area contributed by atoms with Crippen LogP contribution in [0.15, 0.2) is 12.2 Å². The van der Waals surface area contributed by atoms with Crippen LogP contribution in [0.5, 0.6) is 0 Å². The van der Waals surface area contributed by atoms with Crippen molar-refractivity contribution in [2.45, 2.75) is 398 Å². The minimum absolute atomic E-state index is 0.137. The van der Waals surface area contributed by atoms with Gasteiger partial charge in [0.25, 0.3) is 0 Å². The molecule has 105 heavy (non-hydrogen) atoms. The Morgan fingerprint density at radius 1 is 0.362 bits per heavy atom. The summed E-state index contributed by atoms with van der Waals surface area (Å²) in [5.41, 5.74) is 10.7. The molecule has 0 saturated heterocycles. The maximum atomic E-state index is 7.18. The summed E-state index contributed by atoms with van der Waals surface area (Å²) >= 11 is 0. The zero-order valence-corrected chi connectivity index (χ0v) is 78.9. The first-order valence-electron chi connectivity index (χ1n) is 39.8. The van der Waals surface area contributed by atoms with E-state index in [1.807, 2.05) is 49.0 Å². The van der Waals surface area contributed by atoms with E-state index in [-0.39, 0.29) is 27.7 Å². The number of rotatable bonds is 12. The lowest BCUT2D eigenvalue weighted by Crippen LogP contribution is -2.13. The van der Waals surface area contributed by atoms with Gasteiger partial charge in [-0.05, 0) is 208 Å². The summed E-state index contributed by atoms with van der Waals surface area (Å²) in [7, 11) is 7.88. The fraction of sp³-hybridized carbons (Fsp3) is 0.770. The lowest BCUT2D eigenvalue weighted by atomic mass is 9.90. The van der Waals surface area contributed by atoms with Crippen LogP contribution < -0.4 is 16.4 Å². The Kier molecular flexibility index (Phi) is 79.8. The zero-order valence-electron chi connectivity index (χ0n) is 78.9. The molecular weight excluding hydrogens is 1270 g/mol. The topological polar surface area (TPSA) is 77.2 Å². The number of hydrogen-bond donors (Lipinski definition) is 4. The van der Waals surface area contributed by atoms with Gasteiger partial charge in [0.2, 0.25) is 0 Å². The van der Waals surface area contributed by atoms with Gasteiger partial charge in [0.05, 0.1) is 19.6 Å². The molecule has 0 fully saturated rings. The highest BCUT2D eigenvalue weighted by Crippen LogP contribution is 2.22. The van der Waals surface area contributed by atoms with Crippen LogP contribution in [-0.4, -0.2) is 64.5 Å². The lowest BCUT2D eigenvalue weighted by molar-refractivity contribution is 0.384. The van der Waals surface area contributed by atoms with E-state index in [0.29, 0.717) is 37.9 Å². The van der Waals surface area contributed by atoms with Crippen molar-refractivity contribution in [2.24, 2.45) is 65.3 Å². The number of hydrogen-bond acceptors (Lipinski definition) is 5. The molecule has 606 valence electrons. The average Bonchev–Trinajstić information content (AvgIpc) is 1.04. The highest BCUT2D eigenvalue weighted by atomic mass is 15.0. The Hall–Kier alpha value is -5.15. The van der Waals surface area contributed by atoms with Crippen LogP contribution in [0.25, 0.3) is 0 Å². The van der Waals surface area contributed by atoms with Crippen molar-refractivity contribution in [1.29, 1.82) is 5.41 Å². The average molecular weight is 1450 g/mol. The molecule has 5 nitrogen and oxygen atoms in total. The summed E-state index contributed by atoms with van der Waals surface area (Å²) in [5, 5.41) is 13.1. The maximum absolute atomic E-state index is 7.18. The van der Waals surface area contributed by atoms with Gasteiger partial charge in [-0.25, -0.2) is 0 Å². The Balaban J connectivity index is -0.000000120. The quantitative estimate of drug-likeness (QED) is 0.0892. The van der Waals surface area contributed by atoms with Crippen LogP contribution in [0, 0.1) is 183 Å². The first-order chi connectivity index (χ1) is 47.2. The minimum atomic E-state index is 0.137. The molecule has 0 rings (SSSR count). The molecule has 0 aliphatic rings. The molecule has 5 N–H and O–H groups in total. The van der Waals surface area contributed by atoms with Crippen LogP contribution in [0.4, 0.5) is 0 Å². The van der Waals surface area contributed by atoms with Gasteiger partial charge in [0.1, 0.15) is 0 Å². The third-order valence-electron chi connectivity index (χ3n) is 11.2. The van der Waals surface area contributed by atoms with Gasteiger partial charge in [-0.1, -0.05) is 213 Å². The standard InChI is InChI=1S/C12H22.C12H20.C11H19N.2C10H19N.2C9H17N.3C9H16/c1-11(2,3)9-7-8-10-12(4,5)6;1-11(2)9-7-6-8-10-12(3,4)5;1-10(12)8-6-5-7-9-11(2,3)4;1-10(2,3)8-6-7-9-11(4)5;1-9(11)7-5-6-8-10(2,3)4;2*1-9(2,3)7-5-6-8-10-4;3*1-5-6-7-8-9(2,3)4/h7,9H2,1-6H3;1,7,9-10H2,2-5H3;12H,6,8-9H2,1-4H3;8-9H2,1-5H3;9H,5,7,11H2,1-4H3;2*10H,7-8H2,1-4H3;5,8H2,1-4H3;2*5-6H2,1-4H3. The molecule has 1 unspecified atom stereocenters. The fourth-order valence-electron chi connectivity index (χ4n) is 5.61. The number of unbranched alkanes of at least 4 members (excludes halogenated alkanes) is 2. The van der Waals surface area contributed by atoms with Crippen molar-refractivity contribution >= 4 is 5.71 Å². The number of allylic oxidation sites excluding steroid dienone is 1. The van der Waals surface area contributed by atoms with Gasteiger partial charge in [-0.3, -0.25) is 4.90 Å². The van der Waals surface area contributed by atoms with E-state index in [0.717, 1.165) is 128 Å². The molecule has 1 atom stereocenters. The normalized spacial score (nSPS) is 10.9. The molecule has 0 heterocycles. The molecule has 0 amide bonds. The van der Waals surface area contributed by atoms with E-state index < -0.39 is 0 Å². The number of nitrogens with two attached hydrogens (primary N) is 1. The van der Waals surface area contributed by atoms with Crippen molar-refractivity contribution in [2.75, 3.05) is 47.8 Å². The maximum Gasteiger partial charge on any atom is 0.0596 e. The van der Waals surface area contributed by atoms with Crippen LogP contribution in [0.1, 0.15) is 392 Å². The lowest BCUT2D eigenvalue weighted by Gasteiger charge is -2.15. The van der Waals surface area contributed by atoms with Crippen LogP contribution in [0.2, 0.25) is 0 Å². The monoisotopic (exact) mass is 1450 g/mol. The first kappa shape index (κ1) is 121. The van der Waals surface area contributed by atoms with Gasteiger partial charge < -0.3 is 21.8 Å². The predicted octanol–water partition coefficient (Wildman–Crippen LogP) is 26.8. The smallest absolute Gasteiger partial charge is 0.0596 e. The summed E-state index contributed by atoms with van der Waals surface area (Å²) in [4.78, 5) is 2.08. The Morgan fingerprint density at radius 2 is 0.629 bits per heavy atom. The number of nitrogens with one attached hydrogen (secondary N) is 3. The third kappa shape index (κ3) is 190. The molecule has 0 saturated carbocycles. The van der Waals surface area contributed by atoms with E-state index in [9.17, 15) is 0 Å². The number of nitrogens with zero attached hydrogens (tertiary/aromatic N) is 1. The van der Waals surface area contributed by atoms with Gasteiger partial charge in [0.15, 0.2) is 0 Å². The first-order valence-corrected chi connectivity index (χ1v) is 39.8. The van der Waals surface area contributed by atoms with Crippen molar-refractivity contribution in [1.82, 2.24) is 15.5 Å². The molecule has 0 aromatic heterocycles. The second-order valence-corrected chi connectivity index (χ2v) is 40.2. The molecule has 0 radical (unpaired) electrons. The Labute approximate surface area is 664 Å². The summed E-state index contributed by atoms with van der Waals surface area (Å²) in [6, 6.07) is 0.282. The zero-order chi connectivity index (χ0) is 84.9. The van der Waals surface area contributed by atoms with Crippen molar-refractivity contribution in [3.63, 3.8) is 0 Å². The molecule has 0 aliphatic heterocycles. The van der Waals surface area contributed by atoms with Crippen LogP contribution in [0.3, 0.4) is 0 Å². The minimum Gasteiger partial charge on any atom is -0.328 e. The van der Waals surface area contributed by atoms with E-state index >= 15 is 0 Å². The molecule has 5 heteroatoms. The summed E-state index contributed by atoms with van der Waals surface area (Å²) in [6.07, 6.45) is 19.1. The molecule has 0 aromatic rings. The van der Waals surface area contributed by atoms with Crippen molar-refractivity contribution < 1.29 is 0 Å². The second kappa shape index (κ2) is 69.3. The van der Waals surface area contributed by atoms with Crippen LogP contribution in [-0.2, 0) is 0 Å². The van der Waals surface area contributed by atoms with Gasteiger partial charge in [0, 0.05) is 117 Å². The van der Waals surface area contributed by atoms with E-state index in [1.54, 1.807) is 0 Å². The molecular formula is C100H181N5. The highest BCUT2D eigenvalue weighted by molar-refractivity contribution is 5.78. The predicted molar refractivity (Wildman–Crippen MR) is 485 cm³/mol. The van der Waals surface area contributed by atoms with E-state index in [4.69, 9.17) is 11.1 Å². The van der Waals surface area contributed by atoms with Crippen molar-refractivity contribution in [3.8, 4) is 118 Å². The molecule has 0 bridgehead atoms. The largest absolute Gasteiger partial charge is 0.328 e. The Morgan fingerprint density at radius 3 is 0.857 bits per heavy atom. The summed E-state index contributed by atoms with van der Waals surface area (Å²) in [6.45, 7) is 90.5. The second-order valence-electron chi connectivity index (χ2n) is 40.2. The van der Waals surface area contributed by atoms with Crippen molar-refractivity contribution in [3.05, 3.63) is 12.2 Å². The van der Waals surface area contributed by atoms with Gasteiger partial charge >= 0.3 is 0 Å². The molecule has 0 aliphatic carbocycles. The highest BCUT2D eigenvalue weighted by Gasteiger charge is 2.12. The Bertz CT molecular complexity index is 2670. The van der Waals surface area contributed by atoms with E-state index in [2.05, 4.69) is 390 Å².